The van der Waals surface area contributed by atoms with Gasteiger partial charge in [0.2, 0.25) is 0 Å². The van der Waals surface area contributed by atoms with Crippen LogP contribution in [0.2, 0.25) is 0 Å². The Bertz CT molecular complexity index is 403. The van der Waals surface area contributed by atoms with Crippen LogP contribution in [0.5, 0.6) is 0 Å². The van der Waals surface area contributed by atoms with E-state index in [1.165, 1.54) is 31.6 Å². The molecule has 17 heavy (non-hydrogen) atoms. The molecule has 1 heterocycles. The van der Waals surface area contributed by atoms with Crippen molar-refractivity contribution in [1.29, 1.82) is 0 Å². The summed E-state index contributed by atoms with van der Waals surface area (Å²) in [6.45, 7) is 1.11. The number of methoxy groups -OCH3 is 1. The van der Waals surface area contributed by atoms with E-state index in [2.05, 4.69) is 22.2 Å². The summed E-state index contributed by atoms with van der Waals surface area (Å²) in [5, 5.41) is 3.46. The van der Waals surface area contributed by atoms with Gasteiger partial charge < -0.3 is 10.1 Å². The van der Waals surface area contributed by atoms with Gasteiger partial charge in [0.15, 0.2) is 0 Å². The number of benzene rings is 1. The molecule has 1 fully saturated rings. The van der Waals surface area contributed by atoms with Crippen molar-refractivity contribution in [3.8, 4) is 0 Å². The number of nitrogens with one attached hydrogen (secondary N) is 1. The first-order chi connectivity index (χ1) is 8.29. The van der Waals surface area contributed by atoms with Crippen LogP contribution >= 0.6 is 0 Å². The molecule has 0 aromatic heterocycles. The monoisotopic (exact) mass is 231 g/mol. The highest BCUT2D eigenvalue weighted by Crippen LogP contribution is 2.23. The minimum Gasteiger partial charge on any atom is -0.466 e. The van der Waals surface area contributed by atoms with Crippen molar-refractivity contribution in [3.05, 3.63) is 41.5 Å². The van der Waals surface area contributed by atoms with E-state index in [0.29, 0.717) is 6.04 Å². The van der Waals surface area contributed by atoms with E-state index < -0.39 is 0 Å². The minimum absolute atomic E-state index is 0.327. The Hall–Kier alpha value is -1.61. The average molecular weight is 231 g/mol. The molecule has 1 N–H and O–H groups in total. The summed E-state index contributed by atoms with van der Waals surface area (Å²) < 4.78 is 4.54. The smallest absolute Gasteiger partial charge is 0.330 e. The summed E-state index contributed by atoms with van der Waals surface area (Å²) in [5.41, 5.74) is 2.33. The third kappa shape index (κ3) is 3.17. The Kier molecular flexibility index (Phi) is 3.94. The summed E-state index contributed by atoms with van der Waals surface area (Å²) in [6, 6.07) is 8.76. The zero-order valence-corrected chi connectivity index (χ0v) is 9.98. The molecule has 1 aromatic rings. The summed E-state index contributed by atoms with van der Waals surface area (Å²) in [5.74, 6) is -0.327. The van der Waals surface area contributed by atoms with Crippen LogP contribution in [-0.2, 0) is 9.53 Å². The van der Waals surface area contributed by atoms with Gasteiger partial charge in [-0.15, -0.1) is 0 Å². The van der Waals surface area contributed by atoms with E-state index in [0.717, 1.165) is 12.1 Å². The highest BCUT2D eigenvalue weighted by molar-refractivity contribution is 5.86. The van der Waals surface area contributed by atoms with Crippen molar-refractivity contribution in [3.63, 3.8) is 0 Å². The largest absolute Gasteiger partial charge is 0.466 e. The molecule has 0 spiro atoms. The van der Waals surface area contributed by atoms with Gasteiger partial charge in [-0.25, -0.2) is 4.79 Å². The third-order valence-electron chi connectivity index (χ3n) is 3.01. The third-order valence-corrected chi connectivity index (χ3v) is 3.01. The lowest BCUT2D eigenvalue weighted by Gasteiger charge is -2.10. The molecule has 90 valence electrons. The van der Waals surface area contributed by atoms with E-state index in [4.69, 9.17) is 0 Å². The summed E-state index contributed by atoms with van der Waals surface area (Å²) in [4.78, 5) is 10.9. The zero-order chi connectivity index (χ0) is 12.1. The summed E-state index contributed by atoms with van der Waals surface area (Å²) >= 11 is 0. The molecule has 0 aliphatic carbocycles. The molecule has 1 atom stereocenters. The normalized spacial score (nSPS) is 19.7. The molecule has 0 radical (unpaired) electrons. The Labute approximate surface area is 101 Å². The highest BCUT2D eigenvalue weighted by atomic mass is 16.5. The van der Waals surface area contributed by atoms with Crippen molar-refractivity contribution < 1.29 is 9.53 Å². The van der Waals surface area contributed by atoms with Gasteiger partial charge in [-0.3, -0.25) is 0 Å². The van der Waals surface area contributed by atoms with Crippen LogP contribution < -0.4 is 5.32 Å². The van der Waals surface area contributed by atoms with Gasteiger partial charge >= 0.3 is 5.97 Å². The van der Waals surface area contributed by atoms with Crippen LogP contribution in [0.3, 0.4) is 0 Å². The number of carbonyl (C=O) groups excluding carboxylic acids is 1. The van der Waals surface area contributed by atoms with Gasteiger partial charge in [0, 0.05) is 12.1 Å². The second-order valence-electron chi connectivity index (χ2n) is 4.17. The second kappa shape index (κ2) is 5.64. The standard InChI is InChI=1S/C14H17NO2/c1-17-14(16)9-6-11-4-7-12(8-5-11)13-3-2-10-15-13/h4-9,13,15H,2-3,10H2,1H3/t13-/m0/s1. The van der Waals surface area contributed by atoms with Crippen molar-refractivity contribution in [2.24, 2.45) is 0 Å². The topological polar surface area (TPSA) is 38.3 Å². The molecular formula is C14H17NO2. The quantitative estimate of drug-likeness (QED) is 0.640. The van der Waals surface area contributed by atoms with Gasteiger partial charge in [0.1, 0.15) is 0 Å². The second-order valence-corrected chi connectivity index (χ2v) is 4.17. The maximum Gasteiger partial charge on any atom is 0.330 e. The average Bonchev–Trinajstić information content (AvgIpc) is 2.90. The maximum absolute atomic E-state index is 10.9. The summed E-state index contributed by atoms with van der Waals surface area (Å²) in [6.07, 6.45) is 5.65. The van der Waals surface area contributed by atoms with E-state index in [1.54, 1.807) is 6.08 Å². The Morgan fingerprint density at radius 3 is 2.76 bits per heavy atom. The van der Waals surface area contributed by atoms with Gasteiger partial charge in [-0.1, -0.05) is 24.3 Å². The molecule has 0 amide bonds. The molecule has 0 bridgehead atoms. The van der Waals surface area contributed by atoms with Crippen LogP contribution in [-0.4, -0.2) is 19.6 Å². The lowest BCUT2D eigenvalue weighted by Crippen LogP contribution is -2.12. The Morgan fingerprint density at radius 2 is 2.18 bits per heavy atom. The molecule has 2 rings (SSSR count). The first kappa shape index (κ1) is 11.9. The fourth-order valence-electron chi connectivity index (χ4n) is 2.04. The van der Waals surface area contributed by atoms with Crippen LogP contribution in [0.25, 0.3) is 6.08 Å². The van der Waals surface area contributed by atoms with Crippen molar-refractivity contribution in [2.75, 3.05) is 13.7 Å². The lowest BCUT2D eigenvalue weighted by molar-refractivity contribution is -0.134. The number of rotatable bonds is 3. The zero-order valence-electron chi connectivity index (χ0n) is 9.98. The summed E-state index contributed by atoms with van der Waals surface area (Å²) in [7, 11) is 1.38. The first-order valence-corrected chi connectivity index (χ1v) is 5.89. The SMILES string of the molecule is COC(=O)C=Cc1ccc([C@@H]2CCCN2)cc1. The molecule has 1 aliphatic heterocycles. The molecule has 3 heteroatoms. The highest BCUT2D eigenvalue weighted by Gasteiger charge is 2.15. The van der Waals surface area contributed by atoms with E-state index >= 15 is 0 Å². The molecule has 1 saturated heterocycles. The maximum atomic E-state index is 10.9. The fraction of sp³-hybridized carbons (Fsp3) is 0.357. The van der Waals surface area contributed by atoms with Crippen LogP contribution in [0.4, 0.5) is 0 Å². The van der Waals surface area contributed by atoms with Crippen molar-refractivity contribution >= 4 is 12.0 Å². The van der Waals surface area contributed by atoms with Crippen molar-refractivity contribution in [2.45, 2.75) is 18.9 Å². The van der Waals surface area contributed by atoms with Gasteiger partial charge in [-0.05, 0) is 36.6 Å². The fourth-order valence-corrected chi connectivity index (χ4v) is 2.04. The molecule has 0 unspecified atom stereocenters. The molecule has 0 saturated carbocycles. The minimum atomic E-state index is -0.327. The van der Waals surface area contributed by atoms with Crippen LogP contribution in [0.15, 0.2) is 30.3 Å². The van der Waals surface area contributed by atoms with Crippen molar-refractivity contribution in [1.82, 2.24) is 5.32 Å². The molecule has 1 aromatic carbocycles. The van der Waals surface area contributed by atoms with E-state index in [1.807, 2.05) is 12.1 Å². The first-order valence-electron chi connectivity index (χ1n) is 5.89. The van der Waals surface area contributed by atoms with E-state index in [-0.39, 0.29) is 5.97 Å². The number of ether oxygens (including phenoxy) is 1. The van der Waals surface area contributed by atoms with Crippen LogP contribution in [0.1, 0.15) is 30.0 Å². The predicted octanol–water partition coefficient (Wildman–Crippen LogP) is 2.30. The van der Waals surface area contributed by atoms with Gasteiger partial charge in [0.25, 0.3) is 0 Å². The number of hydrogen-bond donors (Lipinski definition) is 1. The number of carbonyl (C=O) groups is 1. The predicted molar refractivity (Wildman–Crippen MR) is 67.5 cm³/mol. The van der Waals surface area contributed by atoms with Crippen LogP contribution in [0, 0.1) is 0 Å². The Morgan fingerprint density at radius 1 is 1.41 bits per heavy atom. The lowest BCUT2D eigenvalue weighted by atomic mass is 10.0. The molecular weight excluding hydrogens is 214 g/mol. The van der Waals surface area contributed by atoms with E-state index in [9.17, 15) is 4.79 Å². The number of hydrogen-bond acceptors (Lipinski definition) is 3. The van der Waals surface area contributed by atoms with Gasteiger partial charge in [0.05, 0.1) is 7.11 Å². The van der Waals surface area contributed by atoms with Gasteiger partial charge in [-0.2, -0.15) is 0 Å². The Balaban J connectivity index is 2.02. The molecule has 1 aliphatic rings. The number of esters is 1. The molecule has 3 nitrogen and oxygen atoms in total.